The van der Waals surface area contributed by atoms with Gasteiger partial charge >= 0.3 is 387 Å². The number of thiophene rings is 3. The van der Waals surface area contributed by atoms with Gasteiger partial charge in [0, 0.05) is 0 Å². The van der Waals surface area contributed by atoms with E-state index in [4.69, 9.17) is 0 Å². The van der Waals surface area contributed by atoms with E-state index in [1.165, 1.54) is 178 Å². The van der Waals surface area contributed by atoms with Gasteiger partial charge in [0.25, 0.3) is 0 Å². The molecule has 0 bridgehead atoms. The van der Waals surface area contributed by atoms with Crippen LogP contribution in [0.25, 0.3) is 19.2 Å². The molecule has 6 unspecified atom stereocenters. The molecule has 0 amide bonds. The summed E-state index contributed by atoms with van der Waals surface area (Å²) >= 11 is 6.16. The van der Waals surface area contributed by atoms with Gasteiger partial charge in [-0.15, -0.1) is 0 Å². The summed E-state index contributed by atoms with van der Waals surface area (Å²) in [6, 6.07) is 44.1. The first kappa shape index (κ1) is 61.2. The van der Waals surface area contributed by atoms with Gasteiger partial charge in [0.15, 0.2) is 0 Å². The summed E-state index contributed by atoms with van der Waals surface area (Å²) in [5, 5.41) is 0.375. The molecule has 0 spiro atoms. The van der Waals surface area contributed by atoms with Crippen molar-refractivity contribution in [1.29, 1.82) is 0 Å². The van der Waals surface area contributed by atoms with Crippen molar-refractivity contribution in [2.24, 2.45) is 29.6 Å². The van der Waals surface area contributed by atoms with Crippen LogP contribution in [-0.4, -0.2) is 18.4 Å². The van der Waals surface area contributed by atoms with Crippen LogP contribution in [0, 0.1) is 29.6 Å². The molecule has 3 aliphatic rings. The molecule has 4 heterocycles. The van der Waals surface area contributed by atoms with Crippen LogP contribution < -0.4 is 2.89 Å². The molecular weight excluding hydrogens is 1160 g/mol. The molecule has 7 aromatic rings. The van der Waals surface area contributed by atoms with Gasteiger partial charge in [0.2, 0.25) is 0 Å². The fourth-order valence-electron chi connectivity index (χ4n) is 15.1. The summed E-state index contributed by atoms with van der Waals surface area (Å²) in [5.74, 6) is 3.27. The zero-order valence-corrected chi connectivity index (χ0v) is 58.3. The topological polar surface area (TPSA) is 0 Å². The second-order valence-electron chi connectivity index (χ2n) is 26.6. The molecule has 81 heavy (non-hydrogen) atoms. The van der Waals surface area contributed by atoms with E-state index < -0.39 is 23.8 Å². The van der Waals surface area contributed by atoms with Gasteiger partial charge in [-0.1, -0.05) is 106 Å². The first-order chi connectivity index (χ1) is 39.3. The third-order valence-electron chi connectivity index (χ3n) is 20.1. The van der Waals surface area contributed by atoms with Crippen molar-refractivity contribution in [3.8, 4) is 9.75 Å². The molecule has 10 rings (SSSR count). The van der Waals surface area contributed by atoms with Gasteiger partial charge in [-0.25, -0.2) is 0 Å². The van der Waals surface area contributed by atoms with E-state index in [9.17, 15) is 0 Å². The van der Waals surface area contributed by atoms with Gasteiger partial charge in [-0.05, 0) is 24.7 Å². The van der Waals surface area contributed by atoms with Gasteiger partial charge in [0.05, 0.1) is 0 Å². The Morgan fingerprint density at radius 1 is 0.457 bits per heavy atom. The van der Waals surface area contributed by atoms with E-state index in [0.717, 1.165) is 23.7 Å². The third-order valence-corrected chi connectivity index (χ3v) is 34.9. The van der Waals surface area contributed by atoms with Crippen molar-refractivity contribution in [3.05, 3.63) is 180 Å². The van der Waals surface area contributed by atoms with Gasteiger partial charge in [0.1, 0.15) is 0 Å². The number of unbranched alkanes of at least 4 members (excludes halogenated alkanes) is 4. The molecule has 3 aromatic heterocycles. The Labute approximate surface area is 513 Å². The van der Waals surface area contributed by atoms with Crippen molar-refractivity contribution < 1.29 is 0 Å². The van der Waals surface area contributed by atoms with E-state index in [-0.39, 0.29) is 5.41 Å². The van der Waals surface area contributed by atoms with Crippen LogP contribution in [0.3, 0.4) is 0 Å². The Balaban J connectivity index is 1.22. The Bertz CT molecular complexity index is 3060. The molecule has 5 heteroatoms. The molecule has 432 valence electrons. The zero-order valence-electron chi connectivity index (χ0n) is 52.1. The number of allylic oxidation sites excluding steroid dienone is 2. The number of benzene rings is 4. The standard InChI is InChI=1S/C73H91S4.3CH3.Sn/c1-10-18-22-50(14-5)45-54-26-34-58(35-27-54)72(59-36-28-55(29-37-59)46-51(15-6)23-19-11-2)62-42-43-74-66(62)68-64(72)70-71(76-68)65-69(77-70)67-63(44-49(9)75-67)73(65,60-38-30-56(31-39-60)47-52(16-7)24-20-12-3)61-40-32-57(33-41-61)48-53(17-8)25-21-13-4;;;;/h26-42,44,50-53,63,67H,10-25,45-48H2,1-9H3;3*1H3;. The first-order valence-electron chi connectivity index (χ1n) is 32.8. The minimum absolute atomic E-state index is 0.324. The summed E-state index contributed by atoms with van der Waals surface area (Å²) in [6.45, 7) is 21.4. The average molecular weight is 1260 g/mol. The summed E-state index contributed by atoms with van der Waals surface area (Å²) in [7, 11) is 0. The molecule has 0 saturated heterocycles. The Morgan fingerprint density at radius 2 is 0.840 bits per heavy atom. The summed E-state index contributed by atoms with van der Waals surface area (Å²) < 4.78 is 4.81. The number of thioether (sulfide) groups is 1. The van der Waals surface area contributed by atoms with Crippen molar-refractivity contribution in [3.63, 3.8) is 0 Å². The van der Waals surface area contributed by atoms with E-state index in [0.29, 0.717) is 11.2 Å². The second-order valence-corrected chi connectivity index (χ2v) is 46.5. The molecular formula is C76H100S4Sn. The number of hydrogen-bond donors (Lipinski definition) is 0. The predicted octanol–water partition coefficient (Wildman–Crippen LogP) is 23.6. The average Bonchev–Trinajstić information content (AvgIpc) is 2.46. The Hall–Kier alpha value is -2.87. The molecule has 6 atom stereocenters. The maximum absolute atomic E-state index is 2.77. The number of rotatable bonds is 29. The first-order valence-corrected chi connectivity index (χ1v) is 46.1. The summed E-state index contributed by atoms with van der Waals surface area (Å²) in [4.78, 5) is 14.2. The number of fused-ring (bicyclic) bond motifs is 9. The van der Waals surface area contributed by atoms with Gasteiger partial charge in [-0.3, -0.25) is 0 Å². The molecule has 1 aliphatic heterocycles. The van der Waals surface area contributed by atoms with Crippen LogP contribution in [0.2, 0.25) is 14.8 Å². The zero-order chi connectivity index (χ0) is 57.1. The number of hydrogen-bond acceptors (Lipinski definition) is 4. The fourth-order valence-corrected chi connectivity index (χ4v) is 26.4. The molecule has 2 aliphatic carbocycles. The Kier molecular flexibility index (Phi) is 20.3. The van der Waals surface area contributed by atoms with Crippen LogP contribution in [-0.2, 0) is 36.5 Å². The molecule has 0 nitrogen and oxygen atoms in total. The molecule has 0 fully saturated rings. The van der Waals surface area contributed by atoms with Gasteiger partial charge in [-0.2, -0.15) is 0 Å². The molecule has 0 saturated carbocycles. The quantitative estimate of drug-likeness (QED) is 0.0421. The summed E-state index contributed by atoms with van der Waals surface area (Å²) in [6.07, 6.45) is 28.1. The van der Waals surface area contributed by atoms with Crippen molar-refractivity contribution in [1.82, 2.24) is 0 Å². The van der Waals surface area contributed by atoms with Crippen LogP contribution in [0.1, 0.15) is 236 Å². The predicted molar refractivity (Wildman–Crippen MR) is 366 cm³/mol. The van der Waals surface area contributed by atoms with Crippen LogP contribution in [0.4, 0.5) is 0 Å². The normalized spacial score (nSPS) is 20.8. The van der Waals surface area contributed by atoms with Gasteiger partial charge < -0.3 is 0 Å². The summed E-state index contributed by atoms with van der Waals surface area (Å²) in [5.41, 5.74) is 15.9. The van der Waals surface area contributed by atoms with E-state index in [2.05, 4.69) is 232 Å². The second kappa shape index (κ2) is 26.8. The van der Waals surface area contributed by atoms with E-state index in [1.54, 1.807) is 43.6 Å². The van der Waals surface area contributed by atoms with Crippen LogP contribution in [0.15, 0.2) is 114 Å². The van der Waals surface area contributed by atoms with Crippen molar-refractivity contribution in [2.45, 2.75) is 222 Å². The fraction of sp³-hybridized carbons (Fsp3) is 0.526. The maximum atomic E-state index is 2.77. The van der Waals surface area contributed by atoms with E-state index in [1.807, 2.05) is 0 Å². The SMILES string of the molecule is CCCCC(CC)Cc1ccc(C2(c3ccc(CC(CC)CCCC)cc3)c3c[c]([Sn]([CH3])([CH3])[CH3])sc3-c3sc4c5c(sc4c32)C2SC(C)=CC2C5(c2ccc(CC(CC)CCCC)cc2)c2ccc(CC(CC)CCCC)cc2)cc1. The van der Waals surface area contributed by atoms with Crippen molar-refractivity contribution in [2.75, 3.05) is 0 Å². The minimum atomic E-state index is -2.59. The molecule has 0 N–H and O–H groups in total. The molecule has 4 aromatic carbocycles. The van der Waals surface area contributed by atoms with Crippen LogP contribution in [0.5, 0.6) is 0 Å². The van der Waals surface area contributed by atoms with E-state index >= 15 is 0 Å². The van der Waals surface area contributed by atoms with Crippen LogP contribution >= 0.6 is 45.8 Å². The Morgan fingerprint density at radius 3 is 1.21 bits per heavy atom. The monoisotopic (exact) mass is 1260 g/mol. The van der Waals surface area contributed by atoms with Crippen molar-refractivity contribution >= 4 is 76.4 Å². The molecule has 0 radical (unpaired) electrons. The third kappa shape index (κ3) is 11.9.